The Balaban J connectivity index is 1.21. The van der Waals surface area contributed by atoms with Crippen LogP contribution in [0.4, 0.5) is 0 Å². The number of carbonyl (C=O) groups excluding carboxylic acids is 1. The summed E-state index contributed by atoms with van der Waals surface area (Å²) < 4.78 is 30.4. The van der Waals surface area contributed by atoms with Crippen molar-refractivity contribution in [2.75, 3.05) is 12.4 Å². The smallest absolute Gasteiger partial charge is 0.251 e. The van der Waals surface area contributed by atoms with Gasteiger partial charge in [-0.3, -0.25) is 14.8 Å². The van der Waals surface area contributed by atoms with Crippen molar-refractivity contribution in [3.8, 4) is 11.3 Å². The molecule has 0 radical (unpaired) electrons. The van der Waals surface area contributed by atoms with Gasteiger partial charge in [-0.05, 0) is 48.1 Å². The predicted octanol–water partition coefficient (Wildman–Crippen LogP) is 3.80. The molecule has 1 aliphatic carbocycles. The Hall–Kier alpha value is -3.69. The molecule has 1 amide bonds. The maximum atomic E-state index is 12.8. The molecule has 6 rings (SSSR count). The van der Waals surface area contributed by atoms with Crippen LogP contribution in [0.15, 0.2) is 66.0 Å². The van der Waals surface area contributed by atoms with Gasteiger partial charge in [0, 0.05) is 34.8 Å². The topological polar surface area (TPSA) is 111 Å². The number of benzene rings is 2. The molecule has 36 heavy (non-hydrogen) atoms. The van der Waals surface area contributed by atoms with Gasteiger partial charge < -0.3 is 10.1 Å². The van der Waals surface area contributed by atoms with Gasteiger partial charge >= 0.3 is 0 Å². The summed E-state index contributed by atoms with van der Waals surface area (Å²) in [4.78, 5) is 26.6. The van der Waals surface area contributed by atoms with Crippen LogP contribution in [0.3, 0.4) is 0 Å². The molecular weight excluding hydrogens is 476 g/mol. The SMILES string of the molecule is O=C(NCc1cc2cc(-c3cncc(C4CC4)n3)ccc2cn1)c1ccc2c(c1)S(=O)(=O)CCOC2. The number of rotatable bonds is 5. The highest BCUT2D eigenvalue weighted by atomic mass is 32.2. The molecule has 2 aromatic heterocycles. The summed E-state index contributed by atoms with van der Waals surface area (Å²) in [6, 6.07) is 12.7. The lowest BCUT2D eigenvalue weighted by Gasteiger charge is -2.10. The van der Waals surface area contributed by atoms with E-state index in [4.69, 9.17) is 9.72 Å². The highest BCUT2D eigenvalue weighted by molar-refractivity contribution is 7.91. The summed E-state index contributed by atoms with van der Waals surface area (Å²) in [5.41, 5.74) is 4.43. The number of fused-ring (bicyclic) bond motifs is 2. The first-order valence-corrected chi connectivity index (χ1v) is 13.5. The monoisotopic (exact) mass is 500 g/mol. The maximum Gasteiger partial charge on any atom is 0.251 e. The lowest BCUT2D eigenvalue weighted by Crippen LogP contribution is -2.23. The number of hydrogen-bond donors (Lipinski definition) is 1. The highest BCUT2D eigenvalue weighted by Crippen LogP contribution is 2.39. The second-order valence-electron chi connectivity index (χ2n) is 9.22. The van der Waals surface area contributed by atoms with Crippen LogP contribution in [0.1, 0.15) is 46.1 Å². The van der Waals surface area contributed by atoms with E-state index < -0.39 is 9.84 Å². The Morgan fingerprint density at radius 2 is 1.92 bits per heavy atom. The van der Waals surface area contributed by atoms with Crippen molar-refractivity contribution in [1.82, 2.24) is 20.3 Å². The first kappa shape index (κ1) is 22.8. The van der Waals surface area contributed by atoms with Gasteiger partial charge in [0.05, 0.1) is 53.7 Å². The number of amides is 1. The fraction of sp³-hybridized carbons (Fsp3) is 0.259. The number of aromatic nitrogens is 3. The number of ether oxygens (including phenoxy) is 1. The minimum Gasteiger partial charge on any atom is -0.376 e. The van der Waals surface area contributed by atoms with E-state index in [-0.39, 0.29) is 41.9 Å². The van der Waals surface area contributed by atoms with E-state index in [0.29, 0.717) is 17.2 Å². The summed E-state index contributed by atoms with van der Waals surface area (Å²) in [6.07, 6.45) is 7.75. The highest BCUT2D eigenvalue weighted by Gasteiger charge is 2.26. The quantitative estimate of drug-likeness (QED) is 0.444. The van der Waals surface area contributed by atoms with Crippen molar-refractivity contribution in [2.45, 2.75) is 36.8 Å². The Morgan fingerprint density at radius 3 is 2.78 bits per heavy atom. The summed E-state index contributed by atoms with van der Waals surface area (Å²) in [7, 11) is -3.48. The minimum atomic E-state index is -3.48. The Morgan fingerprint density at radius 1 is 1.03 bits per heavy atom. The third-order valence-corrected chi connectivity index (χ3v) is 8.33. The van der Waals surface area contributed by atoms with E-state index in [1.165, 1.54) is 18.9 Å². The Labute approximate surface area is 208 Å². The molecule has 0 saturated heterocycles. The van der Waals surface area contributed by atoms with Crippen molar-refractivity contribution >= 4 is 26.5 Å². The predicted molar refractivity (Wildman–Crippen MR) is 134 cm³/mol. The van der Waals surface area contributed by atoms with E-state index in [2.05, 4.69) is 21.4 Å². The van der Waals surface area contributed by atoms with Crippen LogP contribution in [-0.4, -0.2) is 41.6 Å². The molecule has 2 aliphatic rings. The van der Waals surface area contributed by atoms with Crippen LogP contribution in [0.25, 0.3) is 22.0 Å². The van der Waals surface area contributed by atoms with Gasteiger partial charge in [-0.25, -0.2) is 13.4 Å². The zero-order chi connectivity index (χ0) is 24.7. The summed E-state index contributed by atoms with van der Waals surface area (Å²) >= 11 is 0. The second-order valence-corrected chi connectivity index (χ2v) is 11.3. The van der Waals surface area contributed by atoms with Gasteiger partial charge in [-0.15, -0.1) is 0 Å². The minimum absolute atomic E-state index is 0.0927. The molecule has 4 aromatic rings. The molecular formula is C27H24N4O4S. The molecule has 182 valence electrons. The van der Waals surface area contributed by atoms with E-state index in [9.17, 15) is 13.2 Å². The number of nitrogens with one attached hydrogen (secondary N) is 1. The fourth-order valence-electron chi connectivity index (χ4n) is 4.38. The molecule has 0 bridgehead atoms. The van der Waals surface area contributed by atoms with Gasteiger partial charge in [0.15, 0.2) is 9.84 Å². The average Bonchev–Trinajstić information content (AvgIpc) is 3.76. The largest absolute Gasteiger partial charge is 0.376 e. The van der Waals surface area contributed by atoms with E-state index in [1.807, 2.05) is 24.4 Å². The third kappa shape index (κ3) is 4.59. The lowest BCUT2D eigenvalue weighted by molar-refractivity contribution is 0.0950. The van der Waals surface area contributed by atoms with Gasteiger partial charge in [0.1, 0.15) is 0 Å². The number of nitrogens with zero attached hydrogens (tertiary/aromatic N) is 3. The van der Waals surface area contributed by atoms with Crippen molar-refractivity contribution in [2.24, 2.45) is 0 Å². The summed E-state index contributed by atoms with van der Waals surface area (Å²) in [5.74, 6) is 0.0798. The molecule has 2 aromatic carbocycles. The first-order valence-electron chi connectivity index (χ1n) is 11.9. The molecule has 0 unspecified atom stereocenters. The summed E-state index contributed by atoms with van der Waals surface area (Å²) in [6.45, 7) is 0.575. The molecule has 3 heterocycles. The van der Waals surface area contributed by atoms with E-state index in [0.717, 1.165) is 27.7 Å². The van der Waals surface area contributed by atoms with E-state index >= 15 is 0 Å². The average molecular weight is 501 g/mol. The van der Waals surface area contributed by atoms with Crippen molar-refractivity contribution in [3.05, 3.63) is 83.6 Å². The second kappa shape index (κ2) is 9.07. The van der Waals surface area contributed by atoms with Gasteiger partial charge in [0.2, 0.25) is 0 Å². The molecule has 1 aliphatic heterocycles. The van der Waals surface area contributed by atoms with Crippen LogP contribution in [0.2, 0.25) is 0 Å². The standard InChI is InChI=1S/C27H24N4O4S/c32-27(19-4-6-21-16-35-7-8-36(33,34)26(21)11-19)30-13-23-10-22-9-18(3-5-20(22)12-29-23)25-15-28-14-24(31-25)17-1-2-17/h3-6,9-12,14-15,17H,1-2,7-8,13,16H2,(H,30,32). The maximum absolute atomic E-state index is 12.8. The molecule has 0 atom stereocenters. The van der Waals surface area contributed by atoms with Crippen LogP contribution in [0, 0.1) is 0 Å². The Kier molecular flexibility index (Phi) is 5.73. The van der Waals surface area contributed by atoms with Gasteiger partial charge in [-0.1, -0.05) is 18.2 Å². The Bertz CT molecular complexity index is 1600. The lowest BCUT2D eigenvalue weighted by atomic mass is 10.1. The molecule has 1 saturated carbocycles. The van der Waals surface area contributed by atoms with Crippen LogP contribution in [0.5, 0.6) is 0 Å². The number of hydrogen-bond acceptors (Lipinski definition) is 7. The molecule has 9 heteroatoms. The number of pyridine rings is 1. The zero-order valence-corrected chi connectivity index (χ0v) is 20.3. The van der Waals surface area contributed by atoms with Crippen molar-refractivity contribution in [3.63, 3.8) is 0 Å². The summed E-state index contributed by atoms with van der Waals surface area (Å²) in [5, 5.41) is 4.83. The molecule has 8 nitrogen and oxygen atoms in total. The third-order valence-electron chi connectivity index (χ3n) is 6.57. The first-order chi connectivity index (χ1) is 17.5. The number of sulfone groups is 1. The molecule has 1 fully saturated rings. The van der Waals surface area contributed by atoms with Crippen LogP contribution < -0.4 is 5.32 Å². The van der Waals surface area contributed by atoms with Crippen LogP contribution >= 0.6 is 0 Å². The molecule has 0 spiro atoms. The molecule has 1 N–H and O–H groups in total. The van der Waals surface area contributed by atoms with Gasteiger partial charge in [-0.2, -0.15) is 0 Å². The van der Waals surface area contributed by atoms with Crippen molar-refractivity contribution in [1.29, 1.82) is 0 Å². The van der Waals surface area contributed by atoms with E-state index in [1.54, 1.807) is 24.5 Å². The normalized spacial score (nSPS) is 16.8. The fourth-order valence-corrected chi connectivity index (χ4v) is 5.77. The zero-order valence-electron chi connectivity index (χ0n) is 19.5. The van der Waals surface area contributed by atoms with Gasteiger partial charge in [0.25, 0.3) is 5.91 Å². The van der Waals surface area contributed by atoms with Crippen LogP contribution in [-0.2, 0) is 27.7 Å². The van der Waals surface area contributed by atoms with Crippen molar-refractivity contribution < 1.29 is 17.9 Å². The number of carbonyl (C=O) groups is 1.